The molecule has 0 radical (unpaired) electrons. The number of carbonyl (C=O) groups is 1. The fourth-order valence-electron chi connectivity index (χ4n) is 6.52. The highest BCUT2D eigenvalue weighted by atomic mass is 79.9. The molecule has 1 aliphatic heterocycles. The van der Waals surface area contributed by atoms with E-state index in [0.29, 0.717) is 28.4 Å². The fraction of sp³-hybridized carbons (Fsp3) is 0.324. The molecule has 0 aliphatic carbocycles. The normalized spacial score (nSPS) is 14.3. The number of amides is 1. The maximum absolute atomic E-state index is 14.3. The number of thioether (sulfide) groups is 1. The Bertz CT molecular complexity index is 1840. The Hall–Kier alpha value is -2.97. The van der Waals surface area contributed by atoms with Crippen molar-refractivity contribution in [2.75, 3.05) is 13.1 Å². The van der Waals surface area contributed by atoms with Gasteiger partial charge in [-0.25, -0.2) is 0 Å². The summed E-state index contributed by atoms with van der Waals surface area (Å²) in [6, 6.07) is 25.7. The van der Waals surface area contributed by atoms with Crippen LogP contribution in [0.4, 0.5) is 0 Å². The Kier molecular flexibility index (Phi) is 10.5. The molecule has 0 spiro atoms. The van der Waals surface area contributed by atoms with Crippen LogP contribution in [0.15, 0.2) is 82.2 Å². The number of nitrogens with one attached hydrogen (secondary N) is 1. The van der Waals surface area contributed by atoms with Gasteiger partial charge in [-0.3, -0.25) is 4.79 Å². The number of piperidine rings is 1. The highest BCUT2D eigenvalue weighted by Gasteiger charge is 2.28. The number of aryl methyl sites for hydroxylation is 2. The minimum absolute atomic E-state index is 0. The zero-order valence-corrected chi connectivity index (χ0v) is 29.5. The first-order chi connectivity index (χ1) is 21.2. The third kappa shape index (κ3) is 7.07. The molecule has 2 heterocycles. The van der Waals surface area contributed by atoms with Gasteiger partial charge in [-0.05, 0) is 96.6 Å². The largest absolute Gasteiger partial charge is 0.507 e. The number of carbonyl (C=O) groups excluding carboxylic acids is 1. The average molecular weight is 707 g/mol. The zero-order chi connectivity index (χ0) is 31.0. The Morgan fingerprint density at radius 2 is 1.73 bits per heavy atom. The molecule has 6 rings (SSSR count). The second-order valence-electron chi connectivity index (χ2n) is 12.3. The zero-order valence-electron chi connectivity index (χ0n) is 26.3. The predicted molar refractivity (Wildman–Crippen MR) is 194 cm³/mol. The summed E-state index contributed by atoms with van der Waals surface area (Å²) in [6.45, 7) is 11.3. The number of hydrogen-bond donors (Lipinski definition) is 2. The van der Waals surface area contributed by atoms with Crippen LogP contribution in [0.25, 0.3) is 21.7 Å². The van der Waals surface area contributed by atoms with Gasteiger partial charge in [0.05, 0.1) is 15.6 Å². The van der Waals surface area contributed by atoms with E-state index in [2.05, 4.69) is 119 Å². The summed E-state index contributed by atoms with van der Waals surface area (Å²) < 4.78 is 2.90. The molecule has 1 aliphatic rings. The third-order valence-corrected chi connectivity index (χ3v) is 10.8. The summed E-state index contributed by atoms with van der Waals surface area (Å²) in [5.74, 6) is 0.691. The Morgan fingerprint density at radius 1 is 1.00 bits per heavy atom. The number of aromatic hydroxyl groups is 1. The number of likely N-dealkylation sites (tertiary alicyclic amines) is 1. The summed E-state index contributed by atoms with van der Waals surface area (Å²) in [5, 5.41) is 17.4. The number of halogens is 2. The number of benzene rings is 4. The van der Waals surface area contributed by atoms with Crippen molar-refractivity contribution in [3.05, 3.63) is 105 Å². The second-order valence-corrected chi connectivity index (χ2v) is 14.2. The van der Waals surface area contributed by atoms with Crippen molar-refractivity contribution in [2.24, 2.45) is 0 Å². The van der Waals surface area contributed by atoms with Gasteiger partial charge < -0.3 is 19.9 Å². The van der Waals surface area contributed by atoms with Gasteiger partial charge in [0.2, 0.25) is 0 Å². The molecule has 236 valence electrons. The van der Waals surface area contributed by atoms with E-state index in [-0.39, 0.29) is 30.1 Å². The van der Waals surface area contributed by atoms with Crippen molar-refractivity contribution < 1.29 is 9.90 Å². The van der Waals surface area contributed by atoms with Crippen molar-refractivity contribution in [2.45, 2.75) is 69.8 Å². The van der Waals surface area contributed by atoms with E-state index in [9.17, 15) is 9.90 Å². The first-order valence-electron chi connectivity index (χ1n) is 15.4. The van der Waals surface area contributed by atoms with Crippen LogP contribution in [0.2, 0.25) is 0 Å². The quantitative estimate of drug-likeness (QED) is 0.158. The van der Waals surface area contributed by atoms with E-state index in [0.717, 1.165) is 42.5 Å². The van der Waals surface area contributed by atoms with Gasteiger partial charge in [-0.1, -0.05) is 60.2 Å². The van der Waals surface area contributed by atoms with Crippen molar-refractivity contribution >= 4 is 67.7 Å². The lowest BCUT2D eigenvalue weighted by Gasteiger charge is -2.34. The van der Waals surface area contributed by atoms with Gasteiger partial charge in [-0.2, -0.15) is 0 Å². The highest BCUT2D eigenvalue weighted by Crippen LogP contribution is 2.38. The molecule has 5 nitrogen and oxygen atoms in total. The van der Waals surface area contributed by atoms with E-state index in [1.165, 1.54) is 32.4 Å². The first-order valence-corrected chi connectivity index (χ1v) is 17.2. The van der Waals surface area contributed by atoms with Crippen LogP contribution in [0.1, 0.15) is 59.4 Å². The van der Waals surface area contributed by atoms with Gasteiger partial charge in [-0.15, -0.1) is 24.2 Å². The highest BCUT2D eigenvalue weighted by molar-refractivity contribution is 9.10. The van der Waals surface area contributed by atoms with E-state index in [1.54, 1.807) is 17.8 Å². The van der Waals surface area contributed by atoms with E-state index in [1.807, 2.05) is 6.07 Å². The minimum Gasteiger partial charge on any atom is -0.507 e. The molecule has 5 aromatic rings. The summed E-state index contributed by atoms with van der Waals surface area (Å²) in [4.78, 5) is 18.0. The van der Waals surface area contributed by atoms with Crippen LogP contribution < -0.4 is 5.32 Å². The molecule has 0 unspecified atom stereocenters. The first kappa shape index (κ1) is 33.4. The standard InChI is InChI=1S/C37H40BrN3O2S.ClH/c1-23(2)40-16-14-28(15-17-40)39-37(43)36-30-19-34(42)31(38)20-32(30)41(21-27-10-7-9-26-8-5-6-11-29(26)27)33(36)22-44-35-13-12-24(3)18-25(35)4;/h5-13,18-20,23,28,42H,14-17,21-22H2,1-4H3,(H,39,43);1H. The molecule has 0 bridgehead atoms. The van der Waals surface area contributed by atoms with Gasteiger partial charge in [0.25, 0.3) is 5.91 Å². The lowest BCUT2D eigenvalue weighted by atomic mass is 10.0. The topological polar surface area (TPSA) is 57.5 Å². The van der Waals surface area contributed by atoms with Crippen molar-refractivity contribution in [1.29, 1.82) is 0 Å². The van der Waals surface area contributed by atoms with Gasteiger partial charge in [0, 0.05) is 53.4 Å². The number of phenolic OH excluding ortho intramolecular Hbond substituents is 1. The van der Waals surface area contributed by atoms with Gasteiger partial charge >= 0.3 is 0 Å². The van der Waals surface area contributed by atoms with Crippen LogP contribution in [-0.4, -0.2) is 45.7 Å². The molecule has 4 aromatic carbocycles. The van der Waals surface area contributed by atoms with Gasteiger partial charge in [0.1, 0.15) is 5.75 Å². The number of nitrogens with zero attached hydrogens (tertiary/aromatic N) is 2. The van der Waals surface area contributed by atoms with Crippen LogP contribution >= 0.6 is 40.1 Å². The summed E-state index contributed by atoms with van der Waals surface area (Å²) in [5.41, 5.74) is 6.21. The molecule has 0 atom stereocenters. The summed E-state index contributed by atoms with van der Waals surface area (Å²) in [7, 11) is 0. The molecule has 1 fully saturated rings. The maximum Gasteiger partial charge on any atom is 0.253 e. The van der Waals surface area contributed by atoms with Crippen LogP contribution in [0.5, 0.6) is 5.75 Å². The predicted octanol–water partition coefficient (Wildman–Crippen LogP) is 9.24. The molecular formula is C37H41BrClN3O2S. The second kappa shape index (κ2) is 14.2. The van der Waals surface area contributed by atoms with Gasteiger partial charge in [0.15, 0.2) is 0 Å². The molecular weight excluding hydrogens is 666 g/mol. The van der Waals surface area contributed by atoms with Crippen molar-refractivity contribution in [3.8, 4) is 5.75 Å². The average Bonchev–Trinajstić information content (AvgIpc) is 3.29. The van der Waals surface area contributed by atoms with Crippen LogP contribution in [-0.2, 0) is 12.3 Å². The fourth-order valence-corrected chi connectivity index (χ4v) is 7.90. The maximum atomic E-state index is 14.3. The number of fused-ring (bicyclic) bond motifs is 2. The van der Waals surface area contributed by atoms with E-state index >= 15 is 0 Å². The Labute approximate surface area is 284 Å². The number of rotatable bonds is 8. The number of hydrogen-bond acceptors (Lipinski definition) is 4. The Morgan fingerprint density at radius 3 is 2.47 bits per heavy atom. The van der Waals surface area contributed by atoms with E-state index < -0.39 is 0 Å². The molecule has 1 saturated heterocycles. The Balaban J connectivity index is 0.00000400. The smallest absolute Gasteiger partial charge is 0.253 e. The van der Waals surface area contributed by atoms with Crippen LogP contribution in [0, 0.1) is 13.8 Å². The SMILES string of the molecule is Cc1ccc(SCc2c(C(=O)NC3CCN(C(C)C)CC3)c3cc(O)c(Br)cc3n2Cc2cccc3ccccc23)c(C)c1.Cl. The molecule has 2 N–H and O–H groups in total. The number of phenols is 1. The molecule has 1 aromatic heterocycles. The van der Waals surface area contributed by atoms with Crippen LogP contribution in [0.3, 0.4) is 0 Å². The summed E-state index contributed by atoms with van der Waals surface area (Å²) >= 11 is 5.32. The minimum atomic E-state index is -0.0624. The molecule has 45 heavy (non-hydrogen) atoms. The summed E-state index contributed by atoms with van der Waals surface area (Å²) in [6.07, 6.45) is 1.87. The monoisotopic (exact) mass is 705 g/mol. The third-order valence-electron chi connectivity index (χ3n) is 8.97. The lowest BCUT2D eigenvalue weighted by molar-refractivity contribution is 0.0901. The number of aromatic nitrogens is 1. The molecule has 8 heteroatoms. The molecule has 1 amide bonds. The van der Waals surface area contributed by atoms with E-state index in [4.69, 9.17) is 0 Å². The van der Waals surface area contributed by atoms with Crippen molar-refractivity contribution in [1.82, 2.24) is 14.8 Å². The van der Waals surface area contributed by atoms with Crippen molar-refractivity contribution in [3.63, 3.8) is 0 Å². The lowest BCUT2D eigenvalue weighted by Crippen LogP contribution is -2.46. The molecule has 0 saturated carbocycles.